The number of amides is 3. The molecule has 2 aromatic carbocycles. The molecule has 1 heterocycles. The van der Waals surface area contributed by atoms with Gasteiger partial charge in [-0.3, -0.25) is 14.4 Å². The van der Waals surface area contributed by atoms with E-state index < -0.39 is 0 Å². The van der Waals surface area contributed by atoms with E-state index >= 15 is 0 Å². The molecule has 160 valence electrons. The topological polar surface area (TPSA) is 110 Å². The summed E-state index contributed by atoms with van der Waals surface area (Å²) in [7, 11) is 0. The fourth-order valence-electron chi connectivity index (χ4n) is 2.73. The summed E-state index contributed by atoms with van der Waals surface area (Å²) in [5, 5.41) is 8.15. The second-order valence-corrected chi connectivity index (χ2v) is 6.48. The maximum atomic E-state index is 12.3. The van der Waals surface area contributed by atoms with Crippen LogP contribution in [-0.4, -0.2) is 37.4 Å². The van der Waals surface area contributed by atoms with Crippen LogP contribution in [0.1, 0.15) is 38.2 Å². The van der Waals surface area contributed by atoms with Gasteiger partial charge in [0.1, 0.15) is 5.75 Å². The zero-order valence-corrected chi connectivity index (χ0v) is 17.0. The van der Waals surface area contributed by atoms with Crippen LogP contribution in [0.2, 0.25) is 0 Å². The van der Waals surface area contributed by atoms with Gasteiger partial charge >= 0.3 is 0 Å². The minimum Gasteiger partial charge on any atom is -0.494 e. The standard InChI is InChI=1S/C23H23N3O5/c1-2-30-19-11-7-17(8-12-19)22(28)26-18-9-5-16(6-10-18)21(27)24-13-14-25-23(29)20-4-3-15-31-20/h3-12,15H,2,13-14H2,1H3,(H,24,27)(H,25,29)(H,26,28). The number of ether oxygens (including phenoxy) is 1. The van der Waals surface area contributed by atoms with Crippen LogP contribution in [0.25, 0.3) is 0 Å². The summed E-state index contributed by atoms with van der Waals surface area (Å²) in [5.74, 6) is 0.0419. The molecule has 0 fully saturated rings. The van der Waals surface area contributed by atoms with Gasteiger partial charge in [-0.15, -0.1) is 0 Å². The molecule has 0 spiro atoms. The monoisotopic (exact) mass is 421 g/mol. The van der Waals surface area contributed by atoms with Crippen molar-refractivity contribution in [2.24, 2.45) is 0 Å². The average Bonchev–Trinajstić information content (AvgIpc) is 3.33. The van der Waals surface area contributed by atoms with Crippen LogP contribution in [0.4, 0.5) is 5.69 Å². The van der Waals surface area contributed by atoms with Crippen molar-refractivity contribution in [3.05, 3.63) is 83.8 Å². The molecule has 0 aliphatic heterocycles. The summed E-state index contributed by atoms with van der Waals surface area (Å²) in [5.41, 5.74) is 1.51. The van der Waals surface area contributed by atoms with Gasteiger partial charge in [0.05, 0.1) is 12.9 Å². The number of rotatable bonds is 9. The molecule has 3 amide bonds. The van der Waals surface area contributed by atoms with E-state index in [1.165, 1.54) is 6.26 Å². The van der Waals surface area contributed by atoms with E-state index in [0.717, 1.165) is 0 Å². The van der Waals surface area contributed by atoms with Gasteiger partial charge in [0, 0.05) is 29.9 Å². The van der Waals surface area contributed by atoms with Crippen molar-refractivity contribution < 1.29 is 23.5 Å². The van der Waals surface area contributed by atoms with Crippen molar-refractivity contribution in [2.75, 3.05) is 25.0 Å². The third kappa shape index (κ3) is 6.20. The molecule has 31 heavy (non-hydrogen) atoms. The molecule has 3 rings (SSSR count). The number of carbonyl (C=O) groups is 3. The molecule has 0 bridgehead atoms. The molecular weight excluding hydrogens is 398 g/mol. The summed E-state index contributed by atoms with van der Waals surface area (Å²) in [6.07, 6.45) is 1.42. The minimum absolute atomic E-state index is 0.217. The minimum atomic E-state index is -0.341. The molecule has 3 aromatic rings. The Kier molecular flexibility index (Phi) is 7.42. The Bertz CT molecular complexity index is 1010. The Hall–Kier alpha value is -4.07. The Balaban J connectivity index is 1.44. The first-order valence-electron chi connectivity index (χ1n) is 9.81. The third-order valence-corrected chi connectivity index (χ3v) is 4.27. The van der Waals surface area contributed by atoms with Gasteiger partial charge in [-0.1, -0.05) is 0 Å². The molecular formula is C23H23N3O5. The molecule has 8 nitrogen and oxygen atoms in total. The highest BCUT2D eigenvalue weighted by atomic mass is 16.5. The predicted molar refractivity (Wildman–Crippen MR) is 115 cm³/mol. The van der Waals surface area contributed by atoms with E-state index in [4.69, 9.17) is 9.15 Å². The van der Waals surface area contributed by atoms with Crippen LogP contribution in [0.3, 0.4) is 0 Å². The highest BCUT2D eigenvalue weighted by Gasteiger charge is 2.10. The first-order chi connectivity index (χ1) is 15.1. The lowest BCUT2D eigenvalue weighted by Gasteiger charge is -2.09. The summed E-state index contributed by atoms with van der Waals surface area (Å²) < 4.78 is 10.4. The molecule has 8 heteroatoms. The van der Waals surface area contributed by atoms with Gasteiger partial charge in [-0.2, -0.15) is 0 Å². The van der Waals surface area contributed by atoms with E-state index in [2.05, 4.69) is 16.0 Å². The zero-order valence-electron chi connectivity index (χ0n) is 17.0. The first kappa shape index (κ1) is 21.6. The lowest BCUT2D eigenvalue weighted by molar-refractivity contribution is 0.0910. The average molecular weight is 421 g/mol. The fraction of sp³-hybridized carbons (Fsp3) is 0.174. The Labute approximate surface area is 179 Å². The second kappa shape index (κ2) is 10.6. The van der Waals surface area contributed by atoms with Gasteiger partial charge in [0.2, 0.25) is 0 Å². The third-order valence-electron chi connectivity index (χ3n) is 4.27. The second-order valence-electron chi connectivity index (χ2n) is 6.48. The van der Waals surface area contributed by atoms with Crippen LogP contribution in [0.15, 0.2) is 71.3 Å². The Morgan fingerprint density at radius 2 is 1.42 bits per heavy atom. The number of benzene rings is 2. The molecule has 0 radical (unpaired) electrons. The highest BCUT2D eigenvalue weighted by Crippen LogP contribution is 2.15. The lowest BCUT2D eigenvalue weighted by Crippen LogP contribution is -2.34. The normalized spacial score (nSPS) is 10.2. The SMILES string of the molecule is CCOc1ccc(C(=O)Nc2ccc(C(=O)NCCNC(=O)c3ccco3)cc2)cc1. The molecule has 0 aliphatic rings. The highest BCUT2D eigenvalue weighted by molar-refractivity contribution is 6.04. The van der Waals surface area contributed by atoms with E-state index in [1.54, 1.807) is 60.7 Å². The summed E-state index contributed by atoms with van der Waals surface area (Å²) in [6.45, 7) is 2.99. The summed E-state index contributed by atoms with van der Waals surface area (Å²) in [4.78, 5) is 36.3. The van der Waals surface area contributed by atoms with E-state index in [-0.39, 0.29) is 36.6 Å². The van der Waals surface area contributed by atoms with Crippen LogP contribution in [0, 0.1) is 0 Å². The van der Waals surface area contributed by atoms with Gasteiger partial charge in [0.25, 0.3) is 17.7 Å². The number of nitrogens with one attached hydrogen (secondary N) is 3. The Morgan fingerprint density at radius 1 is 0.806 bits per heavy atom. The largest absolute Gasteiger partial charge is 0.494 e. The number of hydrogen-bond donors (Lipinski definition) is 3. The van der Waals surface area contributed by atoms with Crippen molar-refractivity contribution in [3.8, 4) is 5.75 Å². The van der Waals surface area contributed by atoms with Gasteiger partial charge in [-0.05, 0) is 67.6 Å². The maximum Gasteiger partial charge on any atom is 0.287 e. The van der Waals surface area contributed by atoms with Crippen LogP contribution >= 0.6 is 0 Å². The van der Waals surface area contributed by atoms with Crippen molar-refractivity contribution in [2.45, 2.75) is 6.92 Å². The van der Waals surface area contributed by atoms with Crippen molar-refractivity contribution in [1.82, 2.24) is 10.6 Å². The van der Waals surface area contributed by atoms with Gasteiger partial charge < -0.3 is 25.1 Å². The summed E-state index contributed by atoms with van der Waals surface area (Å²) >= 11 is 0. The van der Waals surface area contributed by atoms with E-state index in [1.807, 2.05) is 6.92 Å². The molecule has 0 unspecified atom stereocenters. The first-order valence-corrected chi connectivity index (χ1v) is 9.81. The molecule has 1 aromatic heterocycles. The quantitative estimate of drug-likeness (QED) is 0.460. The number of carbonyl (C=O) groups excluding carboxylic acids is 3. The van der Waals surface area contributed by atoms with Gasteiger partial charge in [-0.25, -0.2) is 0 Å². The number of anilines is 1. The zero-order chi connectivity index (χ0) is 22.1. The predicted octanol–water partition coefficient (Wildman–Crippen LogP) is 3.09. The molecule has 3 N–H and O–H groups in total. The fourth-order valence-corrected chi connectivity index (χ4v) is 2.73. The Morgan fingerprint density at radius 3 is 2.03 bits per heavy atom. The lowest BCUT2D eigenvalue weighted by atomic mass is 10.1. The summed E-state index contributed by atoms with van der Waals surface area (Å²) in [6, 6.07) is 16.6. The number of hydrogen-bond acceptors (Lipinski definition) is 5. The van der Waals surface area contributed by atoms with Crippen molar-refractivity contribution >= 4 is 23.4 Å². The van der Waals surface area contributed by atoms with Crippen molar-refractivity contribution in [1.29, 1.82) is 0 Å². The van der Waals surface area contributed by atoms with Crippen LogP contribution < -0.4 is 20.7 Å². The molecule has 0 saturated carbocycles. The smallest absolute Gasteiger partial charge is 0.287 e. The van der Waals surface area contributed by atoms with Gasteiger partial charge in [0.15, 0.2) is 5.76 Å². The molecule has 0 atom stereocenters. The van der Waals surface area contributed by atoms with Crippen LogP contribution in [-0.2, 0) is 0 Å². The van der Waals surface area contributed by atoms with E-state index in [9.17, 15) is 14.4 Å². The molecule has 0 saturated heterocycles. The number of furan rings is 1. The van der Waals surface area contributed by atoms with E-state index in [0.29, 0.717) is 29.2 Å². The van der Waals surface area contributed by atoms with Crippen molar-refractivity contribution in [3.63, 3.8) is 0 Å². The molecule has 0 aliphatic carbocycles. The maximum absolute atomic E-state index is 12.3. The van der Waals surface area contributed by atoms with Crippen LogP contribution in [0.5, 0.6) is 5.75 Å².